The van der Waals surface area contributed by atoms with E-state index >= 15 is 0 Å². The van der Waals surface area contributed by atoms with Crippen LogP contribution < -0.4 is 15.5 Å². The Labute approximate surface area is 201 Å². The molecule has 2 aromatic carbocycles. The average molecular weight is 463 g/mol. The normalized spacial score (nSPS) is 15.8. The zero-order valence-corrected chi connectivity index (χ0v) is 19.9. The van der Waals surface area contributed by atoms with E-state index in [0.29, 0.717) is 0 Å². The molecule has 7 heteroatoms. The van der Waals surface area contributed by atoms with Crippen LogP contribution in [-0.4, -0.2) is 63.3 Å². The molecule has 0 unspecified atom stereocenters. The summed E-state index contributed by atoms with van der Waals surface area (Å²) in [6.07, 6.45) is 5.38. The second-order valence-electron chi connectivity index (χ2n) is 8.83. The molecule has 2 aliphatic rings. The number of rotatable bonds is 8. The molecule has 1 aliphatic carbocycles. The number of benzene rings is 2. The first-order chi connectivity index (χ1) is 16.6. The Morgan fingerprint density at radius 3 is 2.62 bits per heavy atom. The summed E-state index contributed by atoms with van der Waals surface area (Å²) in [4.78, 5) is 28.8. The van der Waals surface area contributed by atoms with Crippen molar-refractivity contribution in [2.75, 3.05) is 56.6 Å². The number of carbonyl (C=O) groups excluding carboxylic acids is 2. The van der Waals surface area contributed by atoms with Gasteiger partial charge in [-0.3, -0.25) is 15.0 Å². The van der Waals surface area contributed by atoms with Crippen LogP contribution in [0.15, 0.2) is 54.1 Å². The number of carbonyl (C=O) groups is 2. The van der Waals surface area contributed by atoms with Crippen molar-refractivity contribution >= 4 is 29.5 Å². The van der Waals surface area contributed by atoms with Gasteiger partial charge < -0.3 is 15.0 Å². The van der Waals surface area contributed by atoms with Crippen LogP contribution in [0.2, 0.25) is 0 Å². The summed E-state index contributed by atoms with van der Waals surface area (Å²) in [7, 11) is 1.36. The lowest BCUT2D eigenvalue weighted by molar-refractivity contribution is -0.117. The minimum atomic E-state index is -0.459. The quantitative estimate of drug-likeness (QED) is 0.582. The van der Waals surface area contributed by atoms with Gasteiger partial charge in [0.1, 0.15) is 0 Å². The Hall–Kier alpha value is -3.32. The first kappa shape index (κ1) is 23.8. The zero-order valence-electron chi connectivity index (χ0n) is 19.9. The number of fused-ring (bicyclic) bond motifs is 1. The van der Waals surface area contributed by atoms with Crippen molar-refractivity contribution in [3.63, 3.8) is 0 Å². The number of nitrogens with one attached hydrogen (secondary N) is 2. The molecule has 180 valence electrons. The molecule has 2 N–H and O–H groups in total. The van der Waals surface area contributed by atoms with Crippen LogP contribution in [0.1, 0.15) is 30.4 Å². The fraction of sp³-hybridized carbons (Fsp3) is 0.407. The molecule has 0 atom stereocenters. The van der Waals surface area contributed by atoms with Crippen LogP contribution in [0, 0.1) is 0 Å². The number of anilines is 2. The highest BCUT2D eigenvalue weighted by Crippen LogP contribution is 2.24. The number of aryl methyl sites for hydroxylation is 1. The van der Waals surface area contributed by atoms with Crippen molar-refractivity contribution in [2.45, 2.75) is 25.7 Å². The average Bonchev–Trinajstić information content (AvgIpc) is 2.88. The fourth-order valence-electron chi connectivity index (χ4n) is 4.57. The van der Waals surface area contributed by atoms with E-state index in [9.17, 15) is 9.59 Å². The van der Waals surface area contributed by atoms with Crippen LogP contribution >= 0.6 is 0 Å². The molecule has 0 bridgehead atoms. The highest BCUT2D eigenvalue weighted by Gasteiger charge is 2.18. The van der Waals surface area contributed by atoms with Crippen LogP contribution in [0.5, 0.6) is 0 Å². The molecule has 0 spiro atoms. The van der Waals surface area contributed by atoms with Crippen molar-refractivity contribution in [1.82, 2.24) is 10.2 Å². The zero-order chi connectivity index (χ0) is 23.8. The van der Waals surface area contributed by atoms with Gasteiger partial charge in [0.25, 0.3) is 0 Å². The molecule has 0 saturated carbocycles. The monoisotopic (exact) mass is 462 g/mol. The van der Waals surface area contributed by atoms with Crippen molar-refractivity contribution in [1.29, 1.82) is 0 Å². The minimum Gasteiger partial charge on any atom is -0.453 e. The van der Waals surface area contributed by atoms with Crippen LogP contribution in [0.3, 0.4) is 0 Å². The van der Waals surface area contributed by atoms with Gasteiger partial charge in [0.05, 0.1) is 7.11 Å². The lowest BCUT2D eigenvalue weighted by atomic mass is 9.92. The van der Waals surface area contributed by atoms with Crippen LogP contribution in [0.25, 0.3) is 6.08 Å². The van der Waals surface area contributed by atoms with E-state index in [-0.39, 0.29) is 5.91 Å². The molecular formula is C27H34N4O3. The van der Waals surface area contributed by atoms with Gasteiger partial charge >= 0.3 is 6.09 Å². The summed E-state index contributed by atoms with van der Waals surface area (Å²) in [5.41, 5.74) is 5.23. The summed E-state index contributed by atoms with van der Waals surface area (Å²) < 4.78 is 4.67. The third-order valence-electron chi connectivity index (χ3n) is 6.54. The number of nitrogens with zero attached hydrogens (tertiary/aromatic N) is 2. The van der Waals surface area contributed by atoms with Gasteiger partial charge in [0.15, 0.2) is 0 Å². The van der Waals surface area contributed by atoms with Gasteiger partial charge in [-0.2, -0.15) is 0 Å². The summed E-state index contributed by atoms with van der Waals surface area (Å²) in [5.74, 6) is 0.0760. The molecule has 1 heterocycles. The number of unbranched alkanes of at least 4 members (excludes halogenated alkanes) is 1. The Morgan fingerprint density at radius 2 is 1.79 bits per heavy atom. The number of hydrogen-bond donors (Lipinski definition) is 2. The molecule has 34 heavy (non-hydrogen) atoms. The standard InChI is InChI=1S/C27H34N4O3/c1-34-27(33)29-24-9-6-10-25(20-24)31-17-15-30(16-18-31)14-5-4-13-28-26(32)23-12-11-21-7-2-3-8-22(21)19-23/h2-3,6-10,19-20H,4-5,11-18H2,1H3,(H,28,32)(H,29,33). The van der Waals surface area contributed by atoms with Crippen LogP contribution in [0.4, 0.5) is 16.2 Å². The molecule has 1 aliphatic heterocycles. The lowest BCUT2D eigenvalue weighted by Gasteiger charge is -2.36. The molecule has 0 aromatic heterocycles. The van der Waals surface area contributed by atoms with Crippen molar-refractivity contribution in [2.24, 2.45) is 0 Å². The smallest absolute Gasteiger partial charge is 0.411 e. The molecular weight excluding hydrogens is 428 g/mol. The van der Waals surface area contributed by atoms with E-state index in [1.54, 1.807) is 0 Å². The van der Waals surface area contributed by atoms with Crippen molar-refractivity contribution in [3.8, 4) is 0 Å². The van der Waals surface area contributed by atoms with Gasteiger partial charge in [0, 0.05) is 49.7 Å². The van der Waals surface area contributed by atoms with Crippen LogP contribution in [-0.2, 0) is 16.0 Å². The summed E-state index contributed by atoms with van der Waals surface area (Å²) in [6.45, 7) is 5.68. The molecule has 2 amide bonds. The van der Waals surface area contributed by atoms with E-state index in [2.05, 4.69) is 49.4 Å². The van der Waals surface area contributed by atoms with Gasteiger partial charge in [-0.05, 0) is 67.6 Å². The maximum atomic E-state index is 12.5. The summed E-state index contributed by atoms with van der Waals surface area (Å²) >= 11 is 0. The first-order valence-electron chi connectivity index (χ1n) is 12.1. The molecule has 1 saturated heterocycles. The molecule has 2 aromatic rings. The molecule has 7 nitrogen and oxygen atoms in total. The number of piperazine rings is 1. The van der Waals surface area contributed by atoms with E-state index < -0.39 is 6.09 Å². The second-order valence-corrected chi connectivity index (χ2v) is 8.83. The Kier molecular flexibility index (Phi) is 8.20. The summed E-state index contributed by atoms with van der Waals surface area (Å²) in [5, 5.41) is 5.82. The highest BCUT2D eigenvalue weighted by atomic mass is 16.5. The largest absolute Gasteiger partial charge is 0.453 e. The van der Waals surface area contributed by atoms with Gasteiger partial charge in [0.2, 0.25) is 5.91 Å². The number of ether oxygens (including phenoxy) is 1. The van der Waals surface area contributed by atoms with Crippen molar-refractivity contribution in [3.05, 3.63) is 65.2 Å². The summed E-state index contributed by atoms with van der Waals surface area (Å²) in [6, 6.07) is 16.2. The minimum absolute atomic E-state index is 0.0760. The Balaban J connectivity index is 1.13. The Bertz CT molecular complexity index is 1030. The molecule has 1 fully saturated rings. The SMILES string of the molecule is COC(=O)Nc1cccc(N2CCN(CCCCNC(=O)C3=Cc4ccccc4CC3)CC2)c1. The van der Waals surface area contributed by atoms with E-state index in [0.717, 1.165) is 81.9 Å². The molecule has 0 radical (unpaired) electrons. The van der Waals surface area contributed by atoms with E-state index in [1.807, 2.05) is 30.3 Å². The van der Waals surface area contributed by atoms with E-state index in [4.69, 9.17) is 0 Å². The Morgan fingerprint density at radius 1 is 0.971 bits per heavy atom. The topological polar surface area (TPSA) is 73.9 Å². The van der Waals surface area contributed by atoms with Crippen molar-refractivity contribution < 1.29 is 14.3 Å². The maximum Gasteiger partial charge on any atom is 0.411 e. The first-order valence-corrected chi connectivity index (χ1v) is 12.1. The van der Waals surface area contributed by atoms with Gasteiger partial charge in [-0.1, -0.05) is 30.3 Å². The van der Waals surface area contributed by atoms with E-state index in [1.165, 1.54) is 18.2 Å². The third kappa shape index (κ3) is 6.38. The fourth-order valence-corrected chi connectivity index (χ4v) is 4.57. The lowest BCUT2D eigenvalue weighted by Crippen LogP contribution is -2.46. The molecule has 4 rings (SSSR count). The van der Waals surface area contributed by atoms with Gasteiger partial charge in [-0.15, -0.1) is 0 Å². The number of hydrogen-bond acceptors (Lipinski definition) is 5. The second kappa shape index (κ2) is 11.7. The predicted molar refractivity (Wildman–Crippen MR) is 136 cm³/mol. The number of methoxy groups -OCH3 is 1. The highest BCUT2D eigenvalue weighted by molar-refractivity contribution is 5.98. The predicted octanol–water partition coefficient (Wildman–Crippen LogP) is 3.91. The number of amides is 2. The van der Waals surface area contributed by atoms with Gasteiger partial charge in [-0.25, -0.2) is 4.79 Å². The maximum absolute atomic E-state index is 12.5. The third-order valence-corrected chi connectivity index (χ3v) is 6.54.